The molecule has 2 aliphatic rings. The first-order valence-corrected chi connectivity index (χ1v) is 11.9. The average molecular weight is 451 g/mol. The van der Waals surface area contributed by atoms with Crippen LogP contribution in [0.15, 0.2) is 42.5 Å². The minimum atomic E-state index is 0.110. The zero-order valence-corrected chi connectivity index (χ0v) is 19.6. The number of aryl methyl sites for hydroxylation is 1. The maximum atomic E-state index is 12.8. The van der Waals surface area contributed by atoms with Crippen molar-refractivity contribution in [1.82, 2.24) is 10.2 Å². The van der Waals surface area contributed by atoms with Crippen LogP contribution in [0.1, 0.15) is 54.7 Å². The van der Waals surface area contributed by atoms with Crippen molar-refractivity contribution >= 4 is 11.8 Å². The fourth-order valence-electron chi connectivity index (χ4n) is 5.14. The maximum absolute atomic E-state index is 12.8. The van der Waals surface area contributed by atoms with Crippen LogP contribution in [0.2, 0.25) is 0 Å². The number of likely N-dealkylation sites (tertiary alicyclic amines) is 1. The van der Waals surface area contributed by atoms with Crippen LogP contribution in [-0.2, 0) is 22.4 Å². The molecule has 0 radical (unpaired) electrons. The summed E-state index contributed by atoms with van der Waals surface area (Å²) in [6, 6.07) is 14.0. The fourth-order valence-corrected chi connectivity index (χ4v) is 5.14. The lowest BCUT2D eigenvalue weighted by molar-refractivity contribution is -0.131. The first-order chi connectivity index (χ1) is 16.1. The average Bonchev–Trinajstić information content (AvgIpc) is 2.84. The van der Waals surface area contributed by atoms with Crippen molar-refractivity contribution < 1.29 is 19.1 Å². The molecule has 1 N–H and O–H groups in total. The standard InChI is InChI=1S/C27H34N2O4/c1-32-23-10-11-24-19(16-23)7-5-8-20(24)17-26(30)28-22-12-14-29(15-13-22)27(31)18-21-6-3-4-9-25(21)33-2/h3-4,6,9-11,16,20,22H,5,7-8,12-15,17-18H2,1-2H3,(H,28,30). The Morgan fingerprint density at radius 1 is 1.03 bits per heavy atom. The highest BCUT2D eigenvalue weighted by atomic mass is 16.5. The molecule has 0 aromatic heterocycles. The Balaban J connectivity index is 1.26. The van der Waals surface area contributed by atoms with E-state index in [-0.39, 0.29) is 23.8 Å². The van der Waals surface area contributed by atoms with Crippen LogP contribution in [0.4, 0.5) is 0 Å². The van der Waals surface area contributed by atoms with Gasteiger partial charge in [0.25, 0.3) is 0 Å². The Morgan fingerprint density at radius 3 is 2.58 bits per heavy atom. The van der Waals surface area contributed by atoms with Gasteiger partial charge in [0, 0.05) is 31.1 Å². The van der Waals surface area contributed by atoms with Crippen LogP contribution in [0, 0.1) is 0 Å². The van der Waals surface area contributed by atoms with E-state index in [9.17, 15) is 9.59 Å². The van der Waals surface area contributed by atoms with Gasteiger partial charge in [0.1, 0.15) is 11.5 Å². The fraction of sp³-hybridized carbons (Fsp3) is 0.481. The molecule has 0 spiro atoms. The van der Waals surface area contributed by atoms with Gasteiger partial charge in [0.2, 0.25) is 11.8 Å². The molecule has 1 atom stereocenters. The molecule has 4 rings (SSSR count). The number of methoxy groups -OCH3 is 2. The van der Waals surface area contributed by atoms with Crippen molar-refractivity contribution in [1.29, 1.82) is 0 Å². The van der Waals surface area contributed by atoms with E-state index in [2.05, 4.69) is 17.4 Å². The van der Waals surface area contributed by atoms with Crippen molar-refractivity contribution in [2.45, 2.75) is 56.9 Å². The van der Waals surface area contributed by atoms with Crippen molar-refractivity contribution in [3.63, 3.8) is 0 Å². The topological polar surface area (TPSA) is 67.9 Å². The van der Waals surface area contributed by atoms with Crippen LogP contribution in [0.3, 0.4) is 0 Å². The summed E-state index contributed by atoms with van der Waals surface area (Å²) in [6.07, 6.45) is 5.64. The lowest BCUT2D eigenvalue weighted by atomic mass is 9.81. The second kappa shape index (κ2) is 10.7. The SMILES string of the molecule is COc1ccc2c(c1)CCCC2CC(=O)NC1CCN(C(=O)Cc2ccccc2OC)CC1. The zero-order chi connectivity index (χ0) is 23.2. The van der Waals surface area contributed by atoms with E-state index >= 15 is 0 Å². The molecule has 6 nitrogen and oxygen atoms in total. The highest BCUT2D eigenvalue weighted by Gasteiger charge is 2.27. The van der Waals surface area contributed by atoms with Crippen LogP contribution >= 0.6 is 0 Å². The summed E-state index contributed by atoms with van der Waals surface area (Å²) in [4.78, 5) is 27.5. The van der Waals surface area contributed by atoms with Gasteiger partial charge in [0.05, 0.1) is 20.6 Å². The number of piperidine rings is 1. The number of carbonyl (C=O) groups is 2. The monoisotopic (exact) mass is 450 g/mol. The molecule has 1 fully saturated rings. The maximum Gasteiger partial charge on any atom is 0.227 e. The number of ether oxygens (including phenoxy) is 2. The molecule has 6 heteroatoms. The third-order valence-corrected chi connectivity index (χ3v) is 6.97. The number of benzene rings is 2. The number of fused-ring (bicyclic) bond motifs is 1. The molecule has 0 bridgehead atoms. The summed E-state index contributed by atoms with van der Waals surface area (Å²) in [7, 11) is 3.31. The number of hydrogen-bond acceptors (Lipinski definition) is 4. The third-order valence-electron chi connectivity index (χ3n) is 6.97. The summed E-state index contributed by atoms with van der Waals surface area (Å²) < 4.78 is 10.7. The minimum absolute atomic E-state index is 0.110. The van der Waals surface area contributed by atoms with E-state index in [1.807, 2.05) is 35.2 Å². The van der Waals surface area contributed by atoms with E-state index in [0.29, 0.717) is 25.9 Å². The first-order valence-electron chi connectivity index (χ1n) is 11.9. The van der Waals surface area contributed by atoms with Gasteiger partial charge in [-0.2, -0.15) is 0 Å². The number of rotatable bonds is 7. The van der Waals surface area contributed by atoms with E-state index < -0.39 is 0 Å². The van der Waals surface area contributed by atoms with Gasteiger partial charge >= 0.3 is 0 Å². The molecule has 33 heavy (non-hydrogen) atoms. The van der Waals surface area contributed by atoms with Gasteiger partial charge in [-0.15, -0.1) is 0 Å². The van der Waals surface area contributed by atoms with Gasteiger partial charge in [-0.1, -0.05) is 24.3 Å². The highest BCUT2D eigenvalue weighted by molar-refractivity contribution is 5.80. The smallest absolute Gasteiger partial charge is 0.227 e. The lowest BCUT2D eigenvalue weighted by Crippen LogP contribution is -2.47. The van der Waals surface area contributed by atoms with Crippen LogP contribution in [0.5, 0.6) is 11.5 Å². The number of nitrogens with zero attached hydrogens (tertiary/aromatic N) is 1. The predicted octanol–water partition coefficient (Wildman–Crippen LogP) is 3.86. The summed E-state index contributed by atoms with van der Waals surface area (Å²) in [6.45, 7) is 1.34. The Hall–Kier alpha value is -3.02. The van der Waals surface area contributed by atoms with E-state index in [0.717, 1.165) is 49.2 Å². The molecule has 2 aromatic rings. The van der Waals surface area contributed by atoms with Crippen molar-refractivity contribution in [2.24, 2.45) is 0 Å². The zero-order valence-electron chi connectivity index (χ0n) is 19.6. The number of hydrogen-bond donors (Lipinski definition) is 1. The van der Waals surface area contributed by atoms with Gasteiger partial charge in [0.15, 0.2) is 0 Å². The van der Waals surface area contributed by atoms with E-state index in [4.69, 9.17) is 9.47 Å². The van der Waals surface area contributed by atoms with Gasteiger partial charge in [-0.05, 0) is 67.3 Å². The number of para-hydroxylation sites is 1. The molecule has 176 valence electrons. The first kappa shape index (κ1) is 23.1. The van der Waals surface area contributed by atoms with Crippen molar-refractivity contribution in [3.05, 3.63) is 59.2 Å². The Morgan fingerprint density at radius 2 is 1.82 bits per heavy atom. The van der Waals surface area contributed by atoms with Gasteiger partial charge in [-0.25, -0.2) is 0 Å². The molecule has 2 aromatic carbocycles. The quantitative estimate of drug-likeness (QED) is 0.696. The van der Waals surface area contributed by atoms with Crippen molar-refractivity contribution in [3.8, 4) is 11.5 Å². The normalized spacial score (nSPS) is 18.4. The lowest BCUT2D eigenvalue weighted by Gasteiger charge is -2.33. The second-order valence-electron chi connectivity index (χ2n) is 9.07. The van der Waals surface area contributed by atoms with Gasteiger partial charge in [-0.3, -0.25) is 9.59 Å². The van der Waals surface area contributed by atoms with Gasteiger partial charge < -0.3 is 19.7 Å². The summed E-state index contributed by atoms with van der Waals surface area (Å²) in [5.41, 5.74) is 3.50. The number of nitrogens with one attached hydrogen (secondary N) is 1. The molecule has 1 unspecified atom stereocenters. The minimum Gasteiger partial charge on any atom is -0.497 e. The van der Waals surface area contributed by atoms with Crippen LogP contribution in [0.25, 0.3) is 0 Å². The molecule has 1 saturated heterocycles. The highest BCUT2D eigenvalue weighted by Crippen LogP contribution is 2.35. The summed E-state index contributed by atoms with van der Waals surface area (Å²) in [5, 5.41) is 3.23. The summed E-state index contributed by atoms with van der Waals surface area (Å²) in [5.74, 6) is 2.12. The number of carbonyl (C=O) groups excluding carboxylic acids is 2. The molecule has 2 amide bonds. The molecule has 1 heterocycles. The third kappa shape index (κ3) is 5.67. The van der Waals surface area contributed by atoms with Crippen molar-refractivity contribution in [2.75, 3.05) is 27.3 Å². The Kier molecular flexibility index (Phi) is 7.53. The Labute approximate surface area is 196 Å². The molecule has 1 aliphatic carbocycles. The van der Waals surface area contributed by atoms with Crippen LogP contribution in [-0.4, -0.2) is 50.1 Å². The largest absolute Gasteiger partial charge is 0.497 e. The van der Waals surface area contributed by atoms with E-state index in [1.165, 1.54) is 11.1 Å². The molecule has 0 saturated carbocycles. The predicted molar refractivity (Wildman–Crippen MR) is 128 cm³/mol. The molecule has 1 aliphatic heterocycles. The number of amides is 2. The summed E-state index contributed by atoms with van der Waals surface area (Å²) >= 11 is 0. The Bertz CT molecular complexity index is 982. The molecular weight excluding hydrogens is 416 g/mol. The second-order valence-corrected chi connectivity index (χ2v) is 9.07. The van der Waals surface area contributed by atoms with E-state index in [1.54, 1.807) is 14.2 Å². The van der Waals surface area contributed by atoms with Crippen LogP contribution < -0.4 is 14.8 Å². The molecular formula is C27H34N2O4.